The topological polar surface area (TPSA) is 40.5 Å². The van der Waals surface area contributed by atoms with Crippen molar-refractivity contribution in [1.29, 1.82) is 0 Å². The van der Waals surface area contributed by atoms with Gasteiger partial charge >= 0.3 is 0 Å². The molecule has 0 aliphatic heterocycles. The normalized spacial score (nSPS) is 9.48. The molecule has 0 heterocycles. The van der Waals surface area contributed by atoms with Crippen molar-refractivity contribution in [1.82, 2.24) is 0 Å². The number of hydrogen-bond acceptors (Lipinski definition) is 2. The molecular weight excluding hydrogens is 372 g/mol. The summed E-state index contributed by atoms with van der Waals surface area (Å²) in [7, 11) is 0. The monoisotopic (exact) mass is 392 g/mol. The molecule has 4 aromatic carbocycles. The molecule has 3 heteroatoms. The van der Waals surface area contributed by atoms with Crippen LogP contribution in [-0.4, -0.2) is 10.2 Å². The molecule has 0 fully saturated rings. The Balaban J connectivity index is 0.000000187. The quantitative estimate of drug-likeness (QED) is 0.432. The Morgan fingerprint density at radius 2 is 0.593 bits per heavy atom. The summed E-state index contributed by atoms with van der Waals surface area (Å²) in [6.07, 6.45) is 0. The average molecular weight is 392 g/mol. The van der Waals surface area contributed by atoms with Crippen LogP contribution in [0.3, 0.4) is 0 Å². The van der Waals surface area contributed by atoms with Crippen LogP contribution in [0.2, 0.25) is 0 Å². The van der Waals surface area contributed by atoms with Gasteiger partial charge in [0.2, 0.25) is 0 Å². The third-order valence-corrected chi connectivity index (χ3v) is 3.95. The summed E-state index contributed by atoms with van der Waals surface area (Å²) in [6, 6.07) is 34.6. The molecule has 0 spiro atoms. The molecule has 134 valence electrons. The minimum Gasteiger partial charge on any atom is -0.508 e. The Morgan fingerprint density at radius 3 is 0.889 bits per heavy atom. The molecule has 2 N–H and O–H groups in total. The van der Waals surface area contributed by atoms with Crippen LogP contribution in [0.1, 0.15) is 0 Å². The molecule has 0 aromatic heterocycles. The van der Waals surface area contributed by atoms with E-state index >= 15 is 0 Å². The van der Waals surface area contributed by atoms with Crippen LogP contribution in [0.5, 0.6) is 11.5 Å². The fraction of sp³-hybridized carbons (Fsp3) is 0. The molecule has 0 aliphatic carbocycles. The minimum absolute atomic E-state index is 0. The third-order valence-electron chi connectivity index (χ3n) is 3.95. The maximum Gasteiger partial charge on any atom is 0.115 e. The molecule has 0 aliphatic rings. The van der Waals surface area contributed by atoms with Crippen LogP contribution in [0.15, 0.2) is 109 Å². The Morgan fingerprint density at radius 1 is 0.333 bits per heavy atom. The van der Waals surface area contributed by atoms with Crippen molar-refractivity contribution < 1.29 is 27.6 Å². The van der Waals surface area contributed by atoms with E-state index in [4.69, 9.17) is 10.2 Å². The molecule has 2 nitrogen and oxygen atoms in total. The van der Waals surface area contributed by atoms with Crippen molar-refractivity contribution in [3.05, 3.63) is 109 Å². The molecular formula is C24H20CrO2. The maximum absolute atomic E-state index is 9.10. The first-order chi connectivity index (χ1) is 12.7. The first-order valence-corrected chi connectivity index (χ1v) is 8.41. The Kier molecular flexibility index (Phi) is 7.70. The summed E-state index contributed by atoms with van der Waals surface area (Å²) < 4.78 is 0. The van der Waals surface area contributed by atoms with Gasteiger partial charge in [0.1, 0.15) is 11.5 Å². The molecule has 0 amide bonds. The SMILES string of the molecule is Oc1ccc(-c2ccccc2)cc1.Oc1ccc(-c2ccccc2)cc1.[Cr]. The number of hydrogen-bond donors (Lipinski definition) is 2. The van der Waals surface area contributed by atoms with Gasteiger partial charge in [-0.1, -0.05) is 84.9 Å². The van der Waals surface area contributed by atoms with Crippen LogP contribution in [-0.2, 0) is 17.4 Å². The predicted molar refractivity (Wildman–Crippen MR) is 107 cm³/mol. The van der Waals surface area contributed by atoms with Gasteiger partial charge in [-0.3, -0.25) is 0 Å². The molecule has 0 radical (unpaired) electrons. The predicted octanol–water partition coefficient (Wildman–Crippen LogP) is 6.12. The van der Waals surface area contributed by atoms with Crippen molar-refractivity contribution in [2.45, 2.75) is 0 Å². The second-order valence-corrected chi connectivity index (χ2v) is 5.83. The van der Waals surface area contributed by atoms with Gasteiger partial charge in [-0.25, -0.2) is 0 Å². The largest absolute Gasteiger partial charge is 0.508 e. The van der Waals surface area contributed by atoms with Crippen LogP contribution >= 0.6 is 0 Å². The van der Waals surface area contributed by atoms with E-state index in [1.165, 1.54) is 11.1 Å². The van der Waals surface area contributed by atoms with E-state index in [-0.39, 0.29) is 17.4 Å². The summed E-state index contributed by atoms with van der Waals surface area (Å²) >= 11 is 0. The molecule has 4 aromatic rings. The zero-order valence-electron chi connectivity index (χ0n) is 14.7. The summed E-state index contributed by atoms with van der Waals surface area (Å²) in [5.41, 5.74) is 4.59. The van der Waals surface area contributed by atoms with E-state index in [9.17, 15) is 0 Å². The number of rotatable bonds is 2. The summed E-state index contributed by atoms with van der Waals surface area (Å²) in [5.74, 6) is 0.611. The van der Waals surface area contributed by atoms with E-state index in [1.807, 2.05) is 84.9 Å². The van der Waals surface area contributed by atoms with Gasteiger partial charge in [-0.2, -0.15) is 0 Å². The molecule has 27 heavy (non-hydrogen) atoms. The second-order valence-electron chi connectivity index (χ2n) is 5.83. The average Bonchev–Trinajstić information content (AvgIpc) is 2.71. The van der Waals surface area contributed by atoms with Gasteiger partial charge < -0.3 is 10.2 Å². The van der Waals surface area contributed by atoms with Crippen LogP contribution in [0.4, 0.5) is 0 Å². The fourth-order valence-corrected chi connectivity index (χ4v) is 2.57. The first kappa shape index (κ1) is 20.3. The van der Waals surface area contributed by atoms with Gasteiger partial charge in [0, 0.05) is 17.4 Å². The van der Waals surface area contributed by atoms with Crippen molar-refractivity contribution in [3.63, 3.8) is 0 Å². The Hall–Kier alpha value is -2.99. The van der Waals surface area contributed by atoms with Crippen molar-refractivity contribution in [3.8, 4) is 33.8 Å². The number of phenolic OH excluding ortho intramolecular Hbond substituents is 2. The minimum atomic E-state index is 0. The molecule has 4 rings (SSSR count). The van der Waals surface area contributed by atoms with E-state index < -0.39 is 0 Å². The van der Waals surface area contributed by atoms with Crippen molar-refractivity contribution in [2.75, 3.05) is 0 Å². The van der Waals surface area contributed by atoms with Crippen LogP contribution < -0.4 is 0 Å². The zero-order chi connectivity index (χ0) is 18.2. The second kappa shape index (κ2) is 10.2. The third kappa shape index (κ3) is 6.04. The summed E-state index contributed by atoms with van der Waals surface area (Å²) in [5, 5.41) is 18.2. The number of benzene rings is 4. The van der Waals surface area contributed by atoms with Crippen LogP contribution in [0, 0.1) is 0 Å². The smallest absolute Gasteiger partial charge is 0.115 e. The summed E-state index contributed by atoms with van der Waals surface area (Å²) in [6.45, 7) is 0. The van der Waals surface area contributed by atoms with Crippen molar-refractivity contribution >= 4 is 0 Å². The molecule has 0 saturated carbocycles. The Bertz CT molecular complexity index is 838. The van der Waals surface area contributed by atoms with Gasteiger partial charge in [-0.05, 0) is 46.5 Å². The first-order valence-electron chi connectivity index (χ1n) is 8.41. The maximum atomic E-state index is 9.10. The van der Waals surface area contributed by atoms with Gasteiger partial charge in [0.15, 0.2) is 0 Å². The zero-order valence-corrected chi connectivity index (χ0v) is 16.0. The van der Waals surface area contributed by atoms with Crippen molar-refractivity contribution in [2.24, 2.45) is 0 Å². The van der Waals surface area contributed by atoms with E-state index in [0.717, 1.165) is 11.1 Å². The molecule has 0 bridgehead atoms. The number of phenols is 2. The molecule has 0 unspecified atom stereocenters. The van der Waals surface area contributed by atoms with Gasteiger partial charge in [0.25, 0.3) is 0 Å². The summed E-state index contributed by atoms with van der Waals surface area (Å²) in [4.78, 5) is 0. The van der Waals surface area contributed by atoms with E-state index in [0.29, 0.717) is 11.5 Å². The fourth-order valence-electron chi connectivity index (χ4n) is 2.57. The van der Waals surface area contributed by atoms with E-state index in [2.05, 4.69) is 0 Å². The molecule has 0 atom stereocenters. The van der Waals surface area contributed by atoms with E-state index in [1.54, 1.807) is 24.3 Å². The standard InChI is InChI=1S/2C12H10O.Cr/c2*13-12-8-6-11(7-9-12)10-4-2-1-3-5-10;/h2*1-9,13H;. The number of aromatic hydroxyl groups is 2. The van der Waals surface area contributed by atoms with Crippen LogP contribution in [0.25, 0.3) is 22.3 Å². The van der Waals surface area contributed by atoms with Gasteiger partial charge in [0.05, 0.1) is 0 Å². The Labute approximate surface area is 170 Å². The van der Waals surface area contributed by atoms with Gasteiger partial charge in [-0.15, -0.1) is 0 Å². The molecule has 0 saturated heterocycles.